The molecule has 2 unspecified atom stereocenters. The minimum Gasteiger partial charge on any atom is -0.314 e. The zero-order valence-corrected chi connectivity index (χ0v) is 11.8. The molecule has 1 saturated carbocycles. The third-order valence-electron chi connectivity index (χ3n) is 4.41. The molecular weight excluding hydrogens is 194 g/mol. The van der Waals surface area contributed by atoms with Gasteiger partial charge in [0.15, 0.2) is 0 Å². The lowest BCUT2D eigenvalue weighted by molar-refractivity contribution is 0.148. The fraction of sp³-hybridized carbons (Fsp3) is 1.00. The van der Waals surface area contributed by atoms with Crippen LogP contribution in [0.15, 0.2) is 0 Å². The van der Waals surface area contributed by atoms with E-state index in [-0.39, 0.29) is 0 Å². The Morgan fingerprint density at radius 2 is 1.69 bits per heavy atom. The lowest BCUT2D eigenvalue weighted by atomic mass is 9.70. The van der Waals surface area contributed by atoms with E-state index in [0.29, 0.717) is 6.04 Å². The Morgan fingerprint density at radius 3 is 2.25 bits per heavy atom. The van der Waals surface area contributed by atoms with Crippen molar-refractivity contribution >= 4 is 0 Å². The highest BCUT2D eigenvalue weighted by Gasteiger charge is 2.29. The van der Waals surface area contributed by atoms with Crippen molar-refractivity contribution < 1.29 is 0 Å². The van der Waals surface area contributed by atoms with Gasteiger partial charge in [0.05, 0.1) is 0 Å². The highest BCUT2D eigenvalue weighted by molar-refractivity contribution is 4.81. The monoisotopic (exact) mass is 225 g/mol. The SMILES string of the molecule is CCC(CC)C1CCCCC1CNC(C)C. The number of hydrogen-bond acceptors (Lipinski definition) is 1. The molecule has 1 aliphatic carbocycles. The summed E-state index contributed by atoms with van der Waals surface area (Å²) in [5, 5.41) is 3.65. The summed E-state index contributed by atoms with van der Waals surface area (Å²) in [5.41, 5.74) is 0. The molecule has 96 valence electrons. The molecule has 0 bridgehead atoms. The van der Waals surface area contributed by atoms with Crippen molar-refractivity contribution in [3.8, 4) is 0 Å². The minimum absolute atomic E-state index is 0.643. The smallest absolute Gasteiger partial charge is 0.00104 e. The lowest BCUT2D eigenvalue weighted by Crippen LogP contribution is -2.36. The van der Waals surface area contributed by atoms with Gasteiger partial charge in [-0.1, -0.05) is 53.4 Å². The molecule has 16 heavy (non-hydrogen) atoms. The quantitative estimate of drug-likeness (QED) is 0.713. The summed E-state index contributed by atoms with van der Waals surface area (Å²) in [6.07, 6.45) is 8.62. The van der Waals surface area contributed by atoms with Gasteiger partial charge in [-0.3, -0.25) is 0 Å². The molecule has 1 heteroatoms. The van der Waals surface area contributed by atoms with E-state index in [0.717, 1.165) is 17.8 Å². The third kappa shape index (κ3) is 4.08. The highest BCUT2D eigenvalue weighted by atomic mass is 14.9. The van der Waals surface area contributed by atoms with E-state index in [4.69, 9.17) is 0 Å². The van der Waals surface area contributed by atoms with Crippen molar-refractivity contribution in [2.75, 3.05) is 6.54 Å². The fourth-order valence-electron chi connectivity index (χ4n) is 3.39. The average molecular weight is 225 g/mol. The first-order valence-corrected chi connectivity index (χ1v) is 7.42. The van der Waals surface area contributed by atoms with Gasteiger partial charge in [0, 0.05) is 6.04 Å². The van der Waals surface area contributed by atoms with Gasteiger partial charge in [-0.25, -0.2) is 0 Å². The van der Waals surface area contributed by atoms with Crippen molar-refractivity contribution in [1.29, 1.82) is 0 Å². The van der Waals surface area contributed by atoms with Crippen LogP contribution < -0.4 is 5.32 Å². The molecule has 0 amide bonds. The summed E-state index contributed by atoms with van der Waals surface area (Å²) in [7, 11) is 0. The van der Waals surface area contributed by atoms with Crippen LogP contribution in [0, 0.1) is 17.8 Å². The molecule has 0 radical (unpaired) electrons. The van der Waals surface area contributed by atoms with E-state index in [9.17, 15) is 0 Å². The Hall–Kier alpha value is -0.0400. The first kappa shape index (κ1) is 14.0. The topological polar surface area (TPSA) is 12.0 Å². The Morgan fingerprint density at radius 1 is 1.06 bits per heavy atom. The van der Waals surface area contributed by atoms with Crippen LogP contribution in [-0.4, -0.2) is 12.6 Å². The molecule has 0 heterocycles. The van der Waals surface area contributed by atoms with Crippen LogP contribution in [-0.2, 0) is 0 Å². The van der Waals surface area contributed by atoms with Crippen molar-refractivity contribution in [1.82, 2.24) is 5.32 Å². The van der Waals surface area contributed by atoms with Crippen LogP contribution in [0.2, 0.25) is 0 Å². The van der Waals surface area contributed by atoms with Gasteiger partial charge in [0.25, 0.3) is 0 Å². The molecule has 0 aromatic rings. The normalized spacial score (nSPS) is 26.6. The summed E-state index contributed by atoms with van der Waals surface area (Å²) >= 11 is 0. The molecular formula is C15H31N. The first-order valence-electron chi connectivity index (χ1n) is 7.42. The maximum absolute atomic E-state index is 3.65. The standard InChI is InChI=1S/C15H31N/c1-5-13(6-2)15-10-8-7-9-14(15)11-16-12(3)4/h12-16H,5-11H2,1-4H3. The van der Waals surface area contributed by atoms with Gasteiger partial charge in [0.2, 0.25) is 0 Å². The van der Waals surface area contributed by atoms with Crippen LogP contribution in [0.1, 0.15) is 66.2 Å². The number of rotatable bonds is 6. The Labute approximate surface area is 102 Å². The maximum atomic E-state index is 3.65. The first-order chi connectivity index (χ1) is 7.69. The molecule has 1 aliphatic rings. The van der Waals surface area contributed by atoms with Crippen molar-refractivity contribution in [2.45, 2.75) is 72.3 Å². The summed E-state index contributed by atoms with van der Waals surface area (Å²) < 4.78 is 0. The third-order valence-corrected chi connectivity index (χ3v) is 4.41. The van der Waals surface area contributed by atoms with Crippen LogP contribution in [0.4, 0.5) is 0 Å². The summed E-state index contributed by atoms with van der Waals surface area (Å²) in [6.45, 7) is 10.5. The van der Waals surface area contributed by atoms with Crippen molar-refractivity contribution in [2.24, 2.45) is 17.8 Å². The van der Waals surface area contributed by atoms with E-state index in [1.807, 2.05) is 0 Å². The second-order valence-electron chi connectivity index (χ2n) is 5.85. The molecule has 1 rings (SSSR count). The minimum atomic E-state index is 0.643. The van der Waals surface area contributed by atoms with E-state index >= 15 is 0 Å². The van der Waals surface area contributed by atoms with Crippen LogP contribution in [0.3, 0.4) is 0 Å². The molecule has 0 aliphatic heterocycles. The molecule has 1 N–H and O–H groups in total. The second-order valence-corrected chi connectivity index (χ2v) is 5.85. The van der Waals surface area contributed by atoms with E-state index in [2.05, 4.69) is 33.0 Å². The van der Waals surface area contributed by atoms with Crippen LogP contribution in [0.5, 0.6) is 0 Å². The summed E-state index contributed by atoms with van der Waals surface area (Å²) in [5.74, 6) is 2.91. The summed E-state index contributed by atoms with van der Waals surface area (Å²) in [6, 6.07) is 0.643. The molecule has 0 aromatic carbocycles. The van der Waals surface area contributed by atoms with Gasteiger partial charge in [-0.15, -0.1) is 0 Å². The molecule has 2 atom stereocenters. The van der Waals surface area contributed by atoms with Crippen LogP contribution >= 0.6 is 0 Å². The number of nitrogens with one attached hydrogen (secondary N) is 1. The van der Waals surface area contributed by atoms with Gasteiger partial charge in [-0.2, -0.15) is 0 Å². The van der Waals surface area contributed by atoms with E-state index in [1.54, 1.807) is 0 Å². The van der Waals surface area contributed by atoms with E-state index in [1.165, 1.54) is 45.1 Å². The molecule has 0 aromatic heterocycles. The Bertz CT molecular complexity index is 172. The Balaban J connectivity index is 2.49. The molecule has 1 fully saturated rings. The zero-order chi connectivity index (χ0) is 12.0. The van der Waals surface area contributed by atoms with Crippen molar-refractivity contribution in [3.63, 3.8) is 0 Å². The van der Waals surface area contributed by atoms with E-state index < -0.39 is 0 Å². The van der Waals surface area contributed by atoms with Gasteiger partial charge in [-0.05, 0) is 37.1 Å². The second kappa shape index (κ2) is 7.32. The Kier molecular flexibility index (Phi) is 6.41. The zero-order valence-electron chi connectivity index (χ0n) is 11.8. The highest BCUT2D eigenvalue weighted by Crippen LogP contribution is 2.37. The van der Waals surface area contributed by atoms with Gasteiger partial charge < -0.3 is 5.32 Å². The fourth-order valence-corrected chi connectivity index (χ4v) is 3.39. The largest absolute Gasteiger partial charge is 0.314 e. The van der Waals surface area contributed by atoms with Crippen LogP contribution in [0.25, 0.3) is 0 Å². The summed E-state index contributed by atoms with van der Waals surface area (Å²) in [4.78, 5) is 0. The predicted molar refractivity (Wildman–Crippen MR) is 72.7 cm³/mol. The molecule has 0 saturated heterocycles. The predicted octanol–water partition coefficient (Wildman–Crippen LogP) is 4.23. The van der Waals surface area contributed by atoms with Crippen molar-refractivity contribution in [3.05, 3.63) is 0 Å². The van der Waals surface area contributed by atoms with Gasteiger partial charge in [0.1, 0.15) is 0 Å². The number of hydrogen-bond donors (Lipinski definition) is 1. The molecule has 1 nitrogen and oxygen atoms in total. The average Bonchev–Trinajstić information content (AvgIpc) is 2.29. The maximum Gasteiger partial charge on any atom is 0.00104 e. The molecule has 0 spiro atoms. The lowest BCUT2D eigenvalue weighted by Gasteiger charge is -2.37. The van der Waals surface area contributed by atoms with Gasteiger partial charge >= 0.3 is 0 Å².